The van der Waals surface area contributed by atoms with E-state index in [1.54, 1.807) is 12.1 Å². The summed E-state index contributed by atoms with van der Waals surface area (Å²) in [5.41, 5.74) is -0.119. The Balaban J connectivity index is 2.24. The molecule has 1 N–H and O–H groups in total. The van der Waals surface area contributed by atoms with Crippen molar-refractivity contribution in [1.29, 1.82) is 0 Å². The molecule has 0 aliphatic carbocycles. The van der Waals surface area contributed by atoms with E-state index in [9.17, 15) is 9.18 Å². The van der Waals surface area contributed by atoms with Gasteiger partial charge in [-0.3, -0.25) is 0 Å². The molecular weight excluding hydrogens is 273 g/mol. The Hall–Kier alpha value is -1.62. The molecule has 116 valence electrons. The summed E-state index contributed by atoms with van der Waals surface area (Å²) in [5, 5.41) is 3.24. The van der Waals surface area contributed by atoms with Crippen LogP contribution in [0.4, 0.5) is 10.1 Å². The summed E-state index contributed by atoms with van der Waals surface area (Å²) in [4.78, 5) is 12.3. The Bertz CT molecular complexity index is 489. The Morgan fingerprint density at radius 1 is 1.43 bits per heavy atom. The van der Waals surface area contributed by atoms with Crippen molar-refractivity contribution in [3.63, 3.8) is 0 Å². The van der Waals surface area contributed by atoms with Crippen molar-refractivity contribution >= 4 is 11.7 Å². The second-order valence-electron chi connectivity index (χ2n) is 5.81. The summed E-state index contributed by atoms with van der Waals surface area (Å²) < 4.78 is 23.7. The van der Waals surface area contributed by atoms with Gasteiger partial charge >= 0.3 is 5.97 Å². The maximum atomic E-state index is 13.0. The molecule has 0 saturated carbocycles. The van der Waals surface area contributed by atoms with Crippen molar-refractivity contribution in [3.05, 3.63) is 30.1 Å². The average molecular weight is 295 g/mol. The van der Waals surface area contributed by atoms with Crippen molar-refractivity contribution in [3.8, 4) is 0 Å². The molecule has 4 nitrogen and oxygen atoms in total. The minimum atomic E-state index is -0.820. The van der Waals surface area contributed by atoms with E-state index in [1.807, 2.05) is 0 Å². The molecule has 1 heterocycles. The lowest BCUT2D eigenvalue weighted by Gasteiger charge is -2.41. The molecule has 1 saturated heterocycles. The lowest BCUT2D eigenvalue weighted by atomic mass is 9.83. The van der Waals surface area contributed by atoms with Gasteiger partial charge in [0.2, 0.25) is 0 Å². The van der Waals surface area contributed by atoms with Crippen LogP contribution in [0.15, 0.2) is 24.3 Å². The zero-order valence-corrected chi connectivity index (χ0v) is 12.7. The first-order valence-electron chi connectivity index (χ1n) is 7.20. The third kappa shape index (κ3) is 3.53. The van der Waals surface area contributed by atoms with Crippen LogP contribution in [0.5, 0.6) is 0 Å². The molecule has 1 aliphatic heterocycles. The number of nitrogens with one attached hydrogen (secondary N) is 1. The molecule has 2 atom stereocenters. The molecule has 0 aromatic heterocycles. The molecule has 1 aliphatic rings. The summed E-state index contributed by atoms with van der Waals surface area (Å²) in [5.74, 6) is -0.301. The van der Waals surface area contributed by atoms with E-state index < -0.39 is 5.54 Å². The standard InChI is InChI=1S/C16H22FNO3/c1-11(2)14-10-16(8-9-21-14,15(19)20-3)18-13-6-4-12(17)5-7-13/h4-7,11,14,18H,8-10H2,1-3H3. The third-order valence-corrected chi connectivity index (χ3v) is 3.96. The Morgan fingerprint density at radius 3 is 2.67 bits per heavy atom. The number of hydrogen-bond acceptors (Lipinski definition) is 4. The van der Waals surface area contributed by atoms with Gasteiger partial charge in [-0.05, 0) is 30.2 Å². The van der Waals surface area contributed by atoms with Gasteiger partial charge in [-0.15, -0.1) is 0 Å². The smallest absolute Gasteiger partial charge is 0.331 e. The van der Waals surface area contributed by atoms with Gasteiger partial charge in [-0.25, -0.2) is 9.18 Å². The van der Waals surface area contributed by atoms with E-state index in [-0.39, 0.29) is 17.9 Å². The quantitative estimate of drug-likeness (QED) is 0.868. The second-order valence-corrected chi connectivity index (χ2v) is 5.81. The molecule has 1 fully saturated rings. The molecule has 2 unspecified atom stereocenters. The minimum absolute atomic E-state index is 0.00852. The van der Waals surface area contributed by atoms with Gasteiger partial charge in [0.05, 0.1) is 13.2 Å². The fraction of sp³-hybridized carbons (Fsp3) is 0.562. The number of rotatable bonds is 4. The number of benzene rings is 1. The molecule has 2 rings (SSSR count). The van der Waals surface area contributed by atoms with E-state index >= 15 is 0 Å². The molecule has 0 spiro atoms. The number of hydrogen-bond donors (Lipinski definition) is 1. The summed E-state index contributed by atoms with van der Waals surface area (Å²) in [6.45, 7) is 4.62. The first kappa shape index (κ1) is 15.8. The number of esters is 1. The van der Waals surface area contributed by atoms with Gasteiger partial charge in [0.1, 0.15) is 11.4 Å². The molecule has 0 radical (unpaired) electrons. The normalized spacial score (nSPS) is 25.7. The van der Waals surface area contributed by atoms with Gasteiger partial charge < -0.3 is 14.8 Å². The van der Waals surface area contributed by atoms with Crippen LogP contribution in [0, 0.1) is 11.7 Å². The molecular formula is C16H22FNO3. The van der Waals surface area contributed by atoms with Crippen LogP contribution in [-0.4, -0.2) is 31.3 Å². The number of methoxy groups -OCH3 is 1. The van der Waals surface area contributed by atoms with Gasteiger partial charge in [-0.1, -0.05) is 13.8 Å². The zero-order valence-electron chi connectivity index (χ0n) is 12.7. The highest BCUT2D eigenvalue weighted by atomic mass is 19.1. The van der Waals surface area contributed by atoms with Gasteiger partial charge in [0.25, 0.3) is 0 Å². The highest BCUT2D eigenvalue weighted by Gasteiger charge is 2.45. The lowest BCUT2D eigenvalue weighted by Crippen LogP contribution is -2.54. The van der Waals surface area contributed by atoms with Crippen LogP contribution in [0.25, 0.3) is 0 Å². The van der Waals surface area contributed by atoms with Crippen LogP contribution in [0.2, 0.25) is 0 Å². The van der Waals surface area contributed by atoms with Crippen molar-refractivity contribution < 1.29 is 18.7 Å². The molecule has 5 heteroatoms. The fourth-order valence-electron chi connectivity index (χ4n) is 2.67. The Kier molecular flexibility index (Phi) is 4.83. The largest absolute Gasteiger partial charge is 0.467 e. The minimum Gasteiger partial charge on any atom is -0.467 e. The van der Waals surface area contributed by atoms with E-state index in [0.717, 1.165) is 0 Å². The maximum Gasteiger partial charge on any atom is 0.331 e. The van der Waals surface area contributed by atoms with E-state index in [4.69, 9.17) is 9.47 Å². The van der Waals surface area contributed by atoms with E-state index in [0.29, 0.717) is 31.1 Å². The number of anilines is 1. The number of carbonyl (C=O) groups is 1. The maximum absolute atomic E-state index is 13.0. The Labute approximate surface area is 124 Å². The van der Waals surface area contributed by atoms with Crippen molar-refractivity contribution in [2.24, 2.45) is 5.92 Å². The van der Waals surface area contributed by atoms with Crippen LogP contribution in [0.3, 0.4) is 0 Å². The number of ether oxygens (including phenoxy) is 2. The first-order valence-corrected chi connectivity index (χ1v) is 7.20. The predicted octanol–water partition coefficient (Wildman–Crippen LogP) is 2.98. The summed E-state index contributed by atoms with van der Waals surface area (Å²) in [7, 11) is 1.39. The van der Waals surface area contributed by atoms with Crippen LogP contribution >= 0.6 is 0 Å². The van der Waals surface area contributed by atoms with E-state index in [1.165, 1.54) is 19.2 Å². The van der Waals surface area contributed by atoms with Gasteiger partial charge in [0.15, 0.2) is 0 Å². The Morgan fingerprint density at radius 2 is 2.10 bits per heavy atom. The molecule has 1 aromatic rings. The fourth-order valence-corrected chi connectivity index (χ4v) is 2.67. The number of halogens is 1. The van der Waals surface area contributed by atoms with E-state index in [2.05, 4.69) is 19.2 Å². The predicted molar refractivity (Wildman–Crippen MR) is 78.6 cm³/mol. The monoisotopic (exact) mass is 295 g/mol. The number of carbonyl (C=O) groups excluding carboxylic acids is 1. The first-order chi connectivity index (χ1) is 9.97. The van der Waals surface area contributed by atoms with Crippen LogP contribution in [-0.2, 0) is 14.3 Å². The lowest BCUT2D eigenvalue weighted by molar-refractivity contribution is -0.152. The topological polar surface area (TPSA) is 47.6 Å². The SMILES string of the molecule is COC(=O)C1(Nc2ccc(F)cc2)CCOC(C(C)C)C1. The molecule has 1 aromatic carbocycles. The third-order valence-electron chi connectivity index (χ3n) is 3.96. The van der Waals surface area contributed by atoms with Crippen LogP contribution < -0.4 is 5.32 Å². The molecule has 0 bridgehead atoms. The highest BCUT2D eigenvalue weighted by Crippen LogP contribution is 2.33. The average Bonchev–Trinajstić information content (AvgIpc) is 2.49. The van der Waals surface area contributed by atoms with Crippen molar-refractivity contribution in [2.75, 3.05) is 19.0 Å². The molecule has 0 amide bonds. The second kappa shape index (κ2) is 6.43. The van der Waals surface area contributed by atoms with Gasteiger partial charge in [0, 0.05) is 25.1 Å². The van der Waals surface area contributed by atoms with Gasteiger partial charge in [-0.2, -0.15) is 0 Å². The zero-order chi connectivity index (χ0) is 15.5. The summed E-state index contributed by atoms with van der Waals surface area (Å²) in [6, 6.07) is 5.98. The summed E-state index contributed by atoms with van der Waals surface area (Å²) >= 11 is 0. The van der Waals surface area contributed by atoms with Crippen LogP contribution in [0.1, 0.15) is 26.7 Å². The summed E-state index contributed by atoms with van der Waals surface area (Å²) in [6.07, 6.45) is 1.06. The van der Waals surface area contributed by atoms with Crippen molar-refractivity contribution in [1.82, 2.24) is 0 Å². The van der Waals surface area contributed by atoms with Crippen molar-refractivity contribution in [2.45, 2.75) is 38.3 Å². The molecule has 21 heavy (non-hydrogen) atoms. The highest BCUT2D eigenvalue weighted by molar-refractivity contribution is 5.84.